The molecule has 118 valence electrons. The lowest BCUT2D eigenvalue weighted by atomic mass is 10.2. The van der Waals surface area contributed by atoms with Gasteiger partial charge in [-0.1, -0.05) is 15.9 Å². The minimum atomic E-state index is -0.648. The molecule has 1 amide bonds. The Morgan fingerprint density at radius 3 is 2.71 bits per heavy atom. The van der Waals surface area contributed by atoms with E-state index in [0.717, 1.165) is 20.5 Å². The predicted octanol–water partition coefficient (Wildman–Crippen LogP) is 2.62. The van der Waals surface area contributed by atoms with E-state index in [-0.39, 0.29) is 19.1 Å². The van der Waals surface area contributed by atoms with Gasteiger partial charge in [-0.2, -0.15) is 0 Å². The lowest BCUT2D eigenvalue weighted by Crippen LogP contribution is -2.37. The number of benzene rings is 1. The zero-order chi connectivity index (χ0) is 16.0. The monoisotopic (exact) mass is 375 g/mol. The quantitative estimate of drug-likeness (QED) is 0.744. The Balaban J connectivity index is 2.55. The number of likely N-dealkylation sites (N-methyl/N-ethyl adjacent to an activating group) is 1. The Morgan fingerprint density at radius 2 is 2.10 bits per heavy atom. The smallest absolute Gasteiger partial charge is 0.232 e. The fraction of sp³-hybridized carbons (Fsp3) is 0.533. The number of carbonyl (C=O) groups is 1. The van der Waals surface area contributed by atoms with Crippen molar-refractivity contribution in [2.45, 2.75) is 24.8 Å². The molecule has 0 heterocycles. The first-order valence-corrected chi connectivity index (χ1v) is 8.43. The molecule has 0 fully saturated rings. The van der Waals surface area contributed by atoms with Gasteiger partial charge in [0.2, 0.25) is 5.91 Å². The molecule has 1 aromatic carbocycles. The van der Waals surface area contributed by atoms with Gasteiger partial charge in [0.25, 0.3) is 0 Å². The molecule has 0 aliphatic heterocycles. The number of aliphatic hydroxyl groups is 1. The number of nitrogens with zero attached hydrogens (tertiary/aromatic N) is 1. The summed E-state index contributed by atoms with van der Waals surface area (Å²) in [6.07, 6.45) is -0.648. The maximum atomic E-state index is 12.1. The SMILES string of the molecule is COCC(O)CN(C)C(=O)CSc1cc(C)c(Br)cc1C. The summed E-state index contributed by atoms with van der Waals surface area (Å²) in [6, 6.07) is 4.14. The lowest BCUT2D eigenvalue weighted by molar-refractivity contribution is -0.128. The second-order valence-electron chi connectivity index (χ2n) is 5.04. The van der Waals surface area contributed by atoms with E-state index in [4.69, 9.17) is 4.74 Å². The topological polar surface area (TPSA) is 49.8 Å². The van der Waals surface area contributed by atoms with Crippen molar-refractivity contribution in [1.82, 2.24) is 4.90 Å². The molecule has 0 radical (unpaired) electrons. The van der Waals surface area contributed by atoms with E-state index in [1.165, 1.54) is 23.8 Å². The number of ether oxygens (including phenoxy) is 1. The number of aryl methyl sites for hydroxylation is 2. The maximum Gasteiger partial charge on any atom is 0.232 e. The fourth-order valence-electron chi connectivity index (χ4n) is 1.82. The first kappa shape index (κ1) is 18.5. The van der Waals surface area contributed by atoms with Gasteiger partial charge in [-0.05, 0) is 37.1 Å². The lowest BCUT2D eigenvalue weighted by Gasteiger charge is -2.20. The Morgan fingerprint density at radius 1 is 1.43 bits per heavy atom. The zero-order valence-corrected chi connectivity index (χ0v) is 15.3. The molecule has 21 heavy (non-hydrogen) atoms. The van der Waals surface area contributed by atoms with Gasteiger partial charge in [0.05, 0.1) is 18.5 Å². The first-order valence-electron chi connectivity index (χ1n) is 6.65. The molecule has 0 bridgehead atoms. The minimum Gasteiger partial charge on any atom is -0.389 e. The van der Waals surface area contributed by atoms with Crippen LogP contribution >= 0.6 is 27.7 Å². The Labute approximate surface area is 139 Å². The van der Waals surface area contributed by atoms with E-state index >= 15 is 0 Å². The number of thioether (sulfide) groups is 1. The molecule has 1 aromatic rings. The highest BCUT2D eigenvalue weighted by Crippen LogP contribution is 2.28. The van der Waals surface area contributed by atoms with Gasteiger partial charge >= 0.3 is 0 Å². The Hall–Kier alpha value is -0.560. The summed E-state index contributed by atoms with van der Waals surface area (Å²) in [6.45, 7) is 4.58. The molecular formula is C15H22BrNO3S. The molecule has 4 nitrogen and oxygen atoms in total. The number of carbonyl (C=O) groups excluding carboxylic acids is 1. The van der Waals surface area contributed by atoms with Crippen molar-refractivity contribution in [3.63, 3.8) is 0 Å². The molecule has 0 aromatic heterocycles. The van der Waals surface area contributed by atoms with Crippen LogP contribution in [-0.2, 0) is 9.53 Å². The Bertz CT molecular complexity index is 496. The van der Waals surface area contributed by atoms with E-state index in [2.05, 4.69) is 28.1 Å². The zero-order valence-electron chi connectivity index (χ0n) is 12.9. The van der Waals surface area contributed by atoms with E-state index in [1.54, 1.807) is 7.05 Å². The van der Waals surface area contributed by atoms with Crippen molar-refractivity contribution in [2.24, 2.45) is 0 Å². The molecule has 0 aliphatic carbocycles. The van der Waals surface area contributed by atoms with Crippen molar-refractivity contribution in [1.29, 1.82) is 0 Å². The summed E-state index contributed by atoms with van der Waals surface area (Å²) < 4.78 is 5.94. The number of rotatable bonds is 7. The molecule has 0 aliphatic rings. The summed E-state index contributed by atoms with van der Waals surface area (Å²) >= 11 is 5.02. The van der Waals surface area contributed by atoms with Gasteiger partial charge in [-0.3, -0.25) is 4.79 Å². The predicted molar refractivity (Wildman–Crippen MR) is 89.9 cm³/mol. The number of halogens is 1. The van der Waals surface area contributed by atoms with Crippen LogP contribution in [0.5, 0.6) is 0 Å². The van der Waals surface area contributed by atoms with Crippen molar-refractivity contribution < 1.29 is 14.6 Å². The number of amides is 1. The maximum absolute atomic E-state index is 12.1. The third-order valence-corrected chi connectivity index (χ3v) is 5.07. The molecule has 0 spiro atoms. The number of methoxy groups -OCH3 is 1. The average Bonchev–Trinajstić information content (AvgIpc) is 2.41. The highest BCUT2D eigenvalue weighted by molar-refractivity contribution is 9.10. The molecule has 1 rings (SSSR count). The second-order valence-corrected chi connectivity index (χ2v) is 6.91. The molecular weight excluding hydrogens is 354 g/mol. The van der Waals surface area contributed by atoms with Crippen LogP contribution in [0.1, 0.15) is 11.1 Å². The largest absolute Gasteiger partial charge is 0.389 e. The normalized spacial score (nSPS) is 12.3. The van der Waals surface area contributed by atoms with Crippen molar-refractivity contribution in [3.05, 3.63) is 27.7 Å². The summed E-state index contributed by atoms with van der Waals surface area (Å²) in [5, 5.41) is 9.63. The summed E-state index contributed by atoms with van der Waals surface area (Å²) in [5.41, 5.74) is 2.30. The van der Waals surface area contributed by atoms with Gasteiger partial charge in [0, 0.05) is 30.1 Å². The van der Waals surface area contributed by atoms with Crippen LogP contribution < -0.4 is 0 Å². The summed E-state index contributed by atoms with van der Waals surface area (Å²) in [4.78, 5) is 14.7. The number of hydrogen-bond acceptors (Lipinski definition) is 4. The van der Waals surface area contributed by atoms with E-state index in [1.807, 2.05) is 13.8 Å². The van der Waals surface area contributed by atoms with Crippen molar-refractivity contribution in [3.8, 4) is 0 Å². The first-order chi connectivity index (χ1) is 9.85. The fourth-order valence-corrected chi connectivity index (χ4v) is 3.33. The van der Waals surface area contributed by atoms with Gasteiger partial charge in [0.15, 0.2) is 0 Å². The highest BCUT2D eigenvalue weighted by atomic mass is 79.9. The van der Waals surface area contributed by atoms with Gasteiger partial charge in [0.1, 0.15) is 0 Å². The molecule has 1 N–H and O–H groups in total. The third kappa shape index (κ3) is 5.98. The van der Waals surface area contributed by atoms with Crippen LogP contribution in [0.4, 0.5) is 0 Å². The molecule has 0 saturated heterocycles. The Kier molecular flexibility index (Phi) is 7.73. The number of hydrogen-bond donors (Lipinski definition) is 1. The standard InChI is InChI=1S/C15H22BrNO3S/c1-10-6-14(11(2)5-13(10)16)21-9-15(19)17(3)7-12(18)8-20-4/h5-6,12,18H,7-9H2,1-4H3. The highest BCUT2D eigenvalue weighted by Gasteiger charge is 2.14. The van der Waals surface area contributed by atoms with Crippen LogP contribution in [0.2, 0.25) is 0 Å². The molecule has 0 saturated carbocycles. The van der Waals surface area contributed by atoms with E-state index in [0.29, 0.717) is 5.75 Å². The van der Waals surface area contributed by atoms with Crippen LogP contribution in [0.3, 0.4) is 0 Å². The second kappa shape index (κ2) is 8.78. The van der Waals surface area contributed by atoms with Crippen LogP contribution in [0.15, 0.2) is 21.5 Å². The van der Waals surface area contributed by atoms with Gasteiger partial charge < -0.3 is 14.7 Å². The summed E-state index contributed by atoms with van der Waals surface area (Å²) in [7, 11) is 3.22. The average molecular weight is 376 g/mol. The summed E-state index contributed by atoms with van der Waals surface area (Å²) in [5.74, 6) is 0.355. The minimum absolute atomic E-state index is 0.00451. The van der Waals surface area contributed by atoms with Gasteiger partial charge in [-0.25, -0.2) is 0 Å². The molecule has 6 heteroatoms. The third-order valence-electron chi connectivity index (χ3n) is 3.08. The van der Waals surface area contributed by atoms with Gasteiger partial charge in [-0.15, -0.1) is 11.8 Å². The molecule has 1 unspecified atom stereocenters. The molecule has 1 atom stereocenters. The van der Waals surface area contributed by atoms with Crippen LogP contribution in [0.25, 0.3) is 0 Å². The van der Waals surface area contributed by atoms with Crippen LogP contribution in [0, 0.1) is 13.8 Å². The van der Waals surface area contributed by atoms with Crippen LogP contribution in [-0.4, -0.2) is 55.1 Å². The number of aliphatic hydroxyl groups excluding tert-OH is 1. The van der Waals surface area contributed by atoms with E-state index < -0.39 is 6.10 Å². The van der Waals surface area contributed by atoms with Crippen molar-refractivity contribution in [2.75, 3.05) is 33.1 Å². The van der Waals surface area contributed by atoms with Crippen molar-refractivity contribution >= 4 is 33.6 Å². The van der Waals surface area contributed by atoms with E-state index in [9.17, 15) is 9.90 Å².